The van der Waals surface area contributed by atoms with Gasteiger partial charge in [-0.05, 0) is 51.0 Å². The lowest BCUT2D eigenvalue weighted by molar-refractivity contribution is 0.158. The van der Waals surface area contributed by atoms with Crippen LogP contribution in [-0.4, -0.2) is 41.7 Å². The summed E-state index contributed by atoms with van der Waals surface area (Å²) in [6.07, 6.45) is 3.21. The quantitative estimate of drug-likeness (QED) is 0.885. The van der Waals surface area contributed by atoms with E-state index in [1.807, 2.05) is 25.2 Å². The van der Waals surface area contributed by atoms with Crippen LogP contribution in [0.5, 0.6) is 0 Å². The van der Waals surface area contributed by atoms with E-state index in [1.165, 1.54) is 18.4 Å². The van der Waals surface area contributed by atoms with E-state index in [1.54, 1.807) is 0 Å². The predicted molar refractivity (Wildman–Crippen MR) is 85.5 cm³/mol. The number of rotatable bonds is 6. The van der Waals surface area contributed by atoms with Gasteiger partial charge in [-0.25, -0.2) is 0 Å². The van der Waals surface area contributed by atoms with E-state index in [-0.39, 0.29) is 0 Å². The third-order valence-electron chi connectivity index (χ3n) is 4.27. The monoisotopic (exact) mass is 300 g/mol. The molecule has 0 bridgehead atoms. The molecule has 2 aromatic rings. The fourth-order valence-electron chi connectivity index (χ4n) is 3.03. The van der Waals surface area contributed by atoms with Gasteiger partial charge in [0.15, 0.2) is 5.82 Å². The van der Waals surface area contributed by atoms with E-state index in [0.29, 0.717) is 0 Å². The lowest BCUT2D eigenvalue weighted by Crippen LogP contribution is -2.36. The highest BCUT2D eigenvalue weighted by molar-refractivity contribution is 5.18. The number of nitrogens with zero attached hydrogens (tertiary/aromatic N) is 3. The number of benzene rings is 1. The van der Waals surface area contributed by atoms with Crippen molar-refractivity contribution >= 4 is 0 Å². The van der Waals surface area contributed by atoms with Crippen molar-refractivity contribution in [2.45, 2.75) is 25.8 Å². The van der Waals surface area contributed by atoms with Crippen LogP contribution in [0.3, 0.4) is 0 Å². The first-order valence-electron chi connectivity index (χ1n) is 8.06. The lowest BCUT2D eigenvalue weighted by Gasteiger charge is -2.30. The fraction of sp³-hybridized carbons (Fsp3) is 0.529. The second-order valence-corrected chi connectivity index (χ2v) is 6.04. The molecule has 0 spiro atoms. The summed E-state index contributed by atoms with van der Waals surface area (Å²) in [5.41, 5.74) is 1.21. The largest absolute Gasteiger partial charge is 0.338 e. The summed E-state index contributed by atoms with van der Waals surface area (Å²) in [4.78, 5) is 6.93. The van der Waals surface area contributed by atoms with Crippen LogP contribution in [-0.2, 0) is 13.0 Å². The highest BCUT2D eigenvalue weighted by Gasteiger charge is 2.20. The van der Waals surface area contributed by atoms with Gasteiger partial charge in [0.05, 0.1) is 6.54 Å². The van der Waals surface area contributed by atoms with Crippen LogP contribution >= 0.6 is 0 Å². The number of aromatic nitrogens is 2. The van der Waals surface area contributed by atoms with Gasteiger partial charge in [0.25, 0.3) is 0 Å². The van der Waals surface area contributed by atoms with Crippen molar-refractivity contribution in [3.05, 3.63) is 47.6 Å². The number of likely N-dealkylation sites (tertiary alicyclic amines) is 1. The molecule has 22 heavy (non-hydrogen) atoms. The van der Waals surface area contributed by atoms with Gasteiger partial charge in [-0.3, -0.25) is 4.90 Å². The highest BCUT2D eigenvalue weighted by atomic mass is 16.5. The second kappa shape index (κ2) is 7.51. The van der Waals surface area contributed by atoms with Crippen molar-refractivity contribution in [3.8, 4) is 0 Å². The maximum absolute atomic E-state index is 5.40. The summed E-state index contributed by atoms with van der Waals surface area (Å²) in [6.45, 7) is 4.12. The molecule has 0 atom stereocenters. The topological polar surface area (TPSA) is 54.2 Å². The molecule has 1 fully saturated rings. The summed E-state index contributed by atoms with van der Waals surface area (Å²) in [7, 11) is 2.03. The van der Waals surface area contributed by atoms with Crippen molar-refractivity contribution in [1.29, 1.82) is 0 Å². The van der Waals surface area contributed by atoms with E-state index >= 15 is 0 Å². The van der Waals surface area contributed by atoms with Gasteiger partial charge < -0.3 is 9.84 Å². The van der Waals surface area contributed by atoms with Gasteiger partial charge in [-0.2, -0.15) is 4.98 Å². The molecule has 118 valence electrons. The summed E-state index contributed by atoms with van der Waals surface area (Å²) >= 11 is 0. The standard InChI is InChI=1S/C17H24N4O/c1-18-12-15-7-9-21(10-8-15)13-17-19-16(20-22-17)11-14-5-3-2-4-6-14/h2-6,15,18H,7-13H2,1H3. The molecule has 1 aliphatic heterocycles. The van der Waals surface area contributed by atoms with Crippen molar-refractivity contribution in [2.75, 3.05) is 26.7 Å². The Kier molecular flexibility index (Phi) is 5.19. The van der Waals surface area contributed by atoms with Crippen LogP contribution in [0.2, 0.25) is 0 Å². The molecule has 0 radical (unpaired) electrons. The summed E-state index contributed by atoms with van der Waals surface area (Å²) in [6, 6.07) is 10.3. The molecule has 0 unspecified atom stereocenters. The summed E-state index contributed by atoms with van der Waals surface area (Å²) in [5, 5.41) is 7.37. The summed E-state index contributed by atoms with van der Waals surface area (Å²) in [5.74, 6) is 2.31. The SMILES string of the molecule is CNCC1CCN(Cc2nc(Cc3ccccc3)no2)CC1. The Morgan fingerprint density at radius 2 is 2.00 bits per heavy atom. The van der Waals surface area contributed by atoms with E-state index in [0.717, 1.165) is 50.2 Å². The van der Waals surface area contributed by atoms with Gasteiger partial charge in [0.2, 0.25) is 5.89 Å². The van der Waals surface area contributed by atoms with Crippen molar-refractivity contribution in [3.63, 3.8) is 0 Å². The van der Waals surface area contributed by atoms with Gasteiger partial charge in [0.1, 0.15) is 0 Å². The predicted octanol–water partition coefficient (Wildman–Crippen LogP) is 2.09. The molecule has 3 rings (SSSR count). The van der Waals surface area contributed by atoms with Crippen LogP contribution in [0.1, 0.15) is 30.1 Å². The van der Waals surface area contributed by atoms with Gasteiger partial charge in [0, 0.05) is 6.42 Å². The zero-order valence-corrected chi connectivity index (χ0v) is 13.2. The molecule has 0 aliphatic carbocycles. The van der Waals surface area contributed by atoms with Crippen LogP contribution in [0.15, 0.2) is 34.9 Å². The Balaban J connectivity index is 1.50. The van der Waals surface area contributed by atoms with Crippen LogP contribution in [0.4, 0.5) is 0 Å². The Morgan fingerprint density at radius 1 is 1.23 bits per heavy atom. The molecule has 0 saturated carbocycles. The van der Waals surface area contributed by atoms with Gasteiger partial charge in [-0.1, -0.05) is 35.5 Å². The fourth-order valence-corrected chi connectivity index (χ4v) is 3.03. The molecule has 0 amide bonds. The van der Waals surface area contributed by atoms with E-state index in [9.17, 15) is 0 Å². The molecule has 1 saturated heterocycles. The lowest BCUT2D eigenvalue weighted by atomic mass is 9.97. The van der Waals surface area contributed by atoms with Crippen LogP contribution < -0.4 is 5.32 Å². The maximum Gasteiger partial charge on any atom is 0.240 e. The summed E-state index contributed by atoms with van der Waals surface area (Å²) < 4.78 is 5.40. The highest BCUT2D eigenvalue weighted by Crippen LogP contribution is 2.18. The number of piperidine rings is 1. The molecule has 5 heteroatoms. The van der Waals surface area contributed by atoms with Crippen molar-refractivity contribution in [1.82, 2.24) is 20.4 Å². The molecule has 1 aliphatic rings. The van der Waals surface area contributed by atoms with Crippen LogP contribution in [0.25, 0.3) is 0 Å². The van der Waals surface area contributed by atoms with E-state index in [2.05, 4.69) is 32.5 Å². The number of nitrogens with one attached hydrogen (secondary N) is 1. The third kappa shape index (κ3) is 4.15. The van der Waals surface area contributed by atoms with Crippen molar-refractivity contribution < 1.29 is 4.52 Å². The smallest absolute Gasteiger partial charge is 0.240 e. The van der Waals surface area contributed by atoms with Crippen LogP contribution in [0, 0.1) is 5.92 Å². The number of hydrogen-bond acceptors (Lipinski definition) is 5. The Morgan fingerprint density at radius 3 is 2.73 bits per heavy atom. The molecule has 1 aromatic carbocycles. The second-order valence-electron chi connectivity index (χ2n) is 6.04. The Bertz CT molecular complexity index is 561. The first kappa shape index (κ1) is 15.2. The van der Waals surface area contributed by atoms with Gasteiger partial charge in [-0.15, -0.1) is 0 Å². The minimum absolute atomic E-state index is 0.731. The average Bonchev–Trinajstić information content (AvgIpc) is 2.98. The molecule has 1 N–H and O–H groups in total. The van der Waals surface area contributed by atoms with Gasteiger partial charge >= 0.3 is 0 Å². The Labute approximate surface area is 131 Å². The Hall–Kier alpha value is -1.72. The molecule has 2 heterocycles. The molecular formula is C17H24N4O. The van der Waals surface area contributed by atoms with E-state index < -0.39 is 0 Å². The molecule has 1 aromatic heterocycles. The van der Waals surface area contributed by atoms with Crippen molar-refractivity contribution in [2.24, 2.45) is 5.92 Å². The zero-order chi connectivity index (χ0) is 15.2. The minimum Gasteiger partial charge on any atom is -0.338 e. The zero-order valence-electron chi connectivity index (χ0n) is 13.2. The maximum atomic E-state index is 5.40. The first-order valence-corrected chi connectivity index (χ1v) is 8.06. The normalized spacial score (nSPS) is 17.0. The molecule has 5 nitrogen and oxygen atoms in total. The molecular weight excluding hydrogens is 276 g/mol. The number of hydrogen-bond donors (Lipinski definition) is 1. The third-order valence-corrected chi connectivity index (χ3v) is 4.27. The average molecular weight is 300 g/mol. The first-order chi connectivity index (χ1) is 10.8. The van der Waals surface area contributed by atoms with E-state index in [4.69, 9.17) is 4.52 Å². The minimum atomic E-state index is 0.731.